The molecule has 1 fully saturated rings. The molecule has 2 N–H and O–H groups in total. The number of hydrogen-bond donors (Lipinski definition) is 1. The lowest BCUT2D eigenvalue weighted by molar-refractivity contribution is 0.110. The Morgan fingerprint density at radius 1 is 1.39 bits per heavy atom. The number of rotatable bonds is 3. The average molecular weight is 252 g/mol. The van der Waals surface area contributed by atoms with Crippen LogP contribution in [0.2, 0.25) is 0 Å². The number of hydrogen-bond acceptors (Lipinski definition) is 3. The third kappa shape index (κ3) is 3.21. The molecule has 0 radical (unpaired) electrons. The van der Waals surface area contributed by atoms with E-state index < -0.39 is 0 Å². The van der Waals surface area contributed by atoms with Crippen LogP contribution in [0.25, 0.3) is 0 Å². The minimum atomic E-state index is -0.316. The van der Waals surface area contributed by atoms with Gasteiger partial charge in [-0.05, 0) is 44.5 Å². The molecule has 18 heavy (non-hydrogen) atoms. The van der Waals surface area contributed by atoms with Crippen molar-refractivity contribution in [2.75, 3.05) is 20.1 Å². The fourth-order valence-corrected chi connectivity index (χ4v) is 2.18. The van der Waals surface area contributed by atoms with Gasteiger partial charge < -0.3 is 15.4 Å². The molecule has 0 spiro atoms. The Bertz CT molecular complexity index is 401. The summed E-state index contributed by atoms with van der Waals surface area (Å²) in [4.78, 5) is 2.26. The Morgan fingerprint density at radius 3 is 2.61 bits per heavy atom. The van der Waals surface area contributed by atoms with Gasteiger partial charge in [-0.2, -0.15) is 0 Å². The maximum atomic E-state index is 13.9. The molecule has 0 saturated carbocycles. The largest absolute Gasteiger partial charge is 0.487 e. The quantitative estimate of drug-likeness (QED) is 0.897. The summed E-state index contributed by atoms with van der Waals surface area (Å²) >= 11 is 0. The molecule has 1 heterocycles. The Hall–Kier alpha value is -1.13. The predicted octanol–water partition coefficient (Wildman–Crippen LogP) is 2.32. The number of piperidine rings is 1. The number of likely N-dealkylation sites (tertiary alicyclic amines) is 1. The summed E-state index contributed by atoms with van der Waals surface area (Å²) in [6.07, 6.45) is 2.02. The van der Waals surface area contributed by atoms with Gasteiger partial charge in [-0.15, -0.1) is 0 Å². The van der Waals surface area contributed by atoms with Crippen LogP contribution in [-0.2, 0) is 0 Å². The summed E-state index contributed by atoms with van der Waals surface area (Å²) in [5.74, 6) is 0.0256. The molecule has 4 heteroatoms. The number of ether oxygens (including phenoxy) is 1. The van der Waals surface area contributed by atoms with Crippen LogP contribution in [0.3, 0.4) is 0 Å². The first-order valence-electron chi connectivity index (χ1n) is 6.46. The fraction of sp³-hybridized carbons (Fsp3) is 0.571. The first kappa shape index (κ1) is 13.3. The molecule has 1 aromatic carbocycles. The van der Waals surface area contributed by atoms with Gasteiger partial charge in [0.05, 0.1) is 0 Å². The molecular weight excluding hydrogens is 231 g/mol. The molecule has 1 aromatic rings. The second-order valence-corrected chi connectivity index (χ2v) is 5.10. The number of nitrogens with zero attached hydrogens (tertiary/aromatic N) is 1. The summed E-state index contributed by atoms with van der Waals surface area (Å²) in [6, 6.07) is 4.83. The molecule has 0 aliphatic carbocycles. The average Bonchev–Trinajstić information content (AvgIpc) is 2.34. The van der Waals surface area contributed by atoms with Gasteiger partial charge in [-0.3, -0.25) is 0 Å². The molecule has 0 amide bonds. The van der Waals surface area contributed by atoms with Crippen molar-refractivity contribution in [3.8, 4) is 5.75 Å². The van der Waals surface area contributed by atoms with Gasteiger partial charge in [0.15, 0.2) is 11.6 Å². The molecule has 1 saturated heterocycles. The van der Waals surface area contributed by atoms with Crippen molar-refractivity contribution in [2.24, 2.45) is 5.73 Å². The zero-order chi connectivity index (χ0) is 13.1. The van der Waals surface area contributed by atoms with Crippen molar-refractivity contribution in [2.45, 2.75) is 31.9 Å². The minimum absolute atomic E-state index is 0.122. The van der Waals surface area contributed by atoms with E-state index in [1.54, 1.807) is 6.07 Å². The van der Waals surface area contributed by atoms with Gasteiger partial charge in [-0.1, -0.05) is 6.07 Å². The van der Waals surface area contributed by atoms with Crippen molar-refractivity contribution in [3.05, 3.63) is 29.6 Å². The zero-order valence-electron chi connectivity index (χ0n) is 11.0. The van der Waals surface area contributed by atoms with Crippen LogP contribution >= 0.6 is 0 Å². The van der Waals surface area contributed by atoms with Gasteiger partial charge in [0, 0.05) is 19.1 Å². The highest BCUT2D eigenvalue weighted by Gasteiger charge is 2.19. The first-order valence-corrected chi connectivity index (χ1v) is 6.46. The third-order valence-corrected chi connectivity index (χ3v) is 3.44. The Kier molecular flexibility index (Phi) is 4.19. The maximum absolute atomic E-state index is 13.9. The van der Waals surface area contributed by atoms with Gasteiger partial charge in [0.1, 0.15) is 6.10 Å². The van der Waals surface area contributed by atoms with Gasteiger partial charge in [-0.25, -0.2) is 4.39 Å². The van der Waals surface area contributed by atoms with Gasteiger partial charge in [0.2, 0.25) is 0 Å². The Morgan fingerprint density at radius 2 is 2.06 bits per heavy atom. The topological polar surface area (TPSA) is 38.5 Å². The third-order valence-electron chi connectivity index (χ3n) is 3.44. The van der Waals surface area contributed by atoms with E-state index in [2.05, 4.69) is 11.9 Å². The molecule has 1 unspecified atom stereocenters. The van der Waals surface area contributed by atoms with Crippen LogP contribution in [0.1, 0.15) is 31.4 Å². The molecule has 1 aliphatic heterocycles. The molecule has 1 atom stereocenters. The Labute approximate surface area is 108 Å². The molecule has 0 bridgehead atoms. The summed E-state index contributed by atoms with van der Waals surface area (Å²) in [5.41, 5.74) is 6.51. The lowest BCUT2D eigenvalue weighted by atomic mass is 10.1. The van der Waals surface area contributed by atoms with Crippen LogP contribution in [0.4, 0.5) is 4.39 Å². The zero-order valence-corrected chi connectivity index (χ0v) is 11.0. The molecule has 100 valence electrons. The molecule has 1 aliphatic rings. The van der Waals surface area contributed by atoms with E-state index >= 15 is 0 Å². The highest BCUT2D eigenvalue weighted by atomic mass is 19.1. The summed E-state index contributed by atoms with van der Waals surface area (Å²) in [7, 11) is 2.09. The van der Waals surface area contributed by atoms with E-state index in [1.807, 2.05) is 13.0 Å². The second-order valence-electron chi connectivity index (χ2n) is 5.10. The van der Waals surface area contributed by atoms with E-state index in [0.717, 1.165) is 31.5 Å². The van der Waals surface area contributed by atoms with Gasteiger partial charge in [0.25, 0.3) is 0 Å². The standard InChI is InChI=1S/C14H21FN2O/c1-10(16)11-3-4-14(13(15)9-11)18-12-5-7-17(2)8-6-12/h3-4,9-10,12H,5-8,16H2,1-2H3. The molecule has 3 nitrogen and oxygen atoms in total. The van der Waals surface area contributed by atoms with Crippen LogP contribution in [-0.4, -0.2) is 31.1 Å². The number of halogens is 1. The van der Waals surface area contributed by atoms with E-state index in [1.165, 1.54) is 6.07 Å². The smallest absolute Gasteiger partial charge is 0.165 e. The summed E-state index contributed by atoms with van der Waals surface area (Å²) in [5, 5.41) is 0. The van der Waals surface area contributed by atoms with E-state index in [4.69, 9.17) is 10.5 Å². The summed E-state index contributed by atoms with van der Waals surface area (Å²) < 4.78 is 19.6. The van der Waals surface area contributed by atoms with Gasteiger partial charge >= 0.3 is 0 Å². The van der Waals surface area contributed by atoms with Crippen molar-refractivity contribution in [1.82, 2.24) is 4.90 Å². The molecule has 0 aromatic heterocycles. The van der Waals surface area contributed by atoms with E-state index in [-0.39, 0.29) is 18.0 Å². The summed E-state index contributed by atoms with van der Waals surface area (Å²) in [6.45, 7) is 3.85. The minimum Gasteiger partial charge on any atom is -0.487 e. The van der Waals surface area contributed by atoms with Crippen LogP contribution < -0.4 is 10.5 Å². The lowest BCUT2D eigenvalue weighted by Crippen LogP contribution is -2.35. The number of benzene rings is 1. The lowest BCUT2D eigenvalue weighted by Gasteiger charge is -2.29. The molecule has 2 rings (SSSR count). The van der Waals surface area contributed by atoms with E-state index in [0.29, 0.717) is 5.75 Å². The second kappa shape index (κ2) is 5.67. The molecular formula is C14H21FN2O. The van der Waals surface area contributed by atoms with Crippen molar-refractivity contribution >= 4 is 0 Å². The predicted molar refractivity (Wildman–Crippen MR) is 70.1 cm³/mol. The first-order chi connectivity index (χ1) is 8.56. The highest BCUT2D eigenvalue weighted by Crippen LogP contribution is 2.24. The van der Waals surface area contributed by atoms with Crippen molar-refractivity contribution in [1.29, 1.82) is 0 Å². The van der Waals surface area contributed by atoms with Crippen LogP contribution in [0.15, 0.2) is 18.2 Å². The van der Waals surface area contributed by atoms with Crippen LogP contribution in [0, 0.1) is 5.82 Å². The highest BCUT2D eigenvalue weighted by molar-refractivity contribution is 5.30. The normalized spacial score (nSPS) is 19.8. The SMILES string of the molecule is CC(N)c1ccc(OC2CCN(C)CC2)c(F)c1. The van der Waals surface area contributed by atoms with Crippen molar-refractivity contribution < 1.29 is 9.13 Å². The number of nitrogens with two attached hydrogens (primary N) is 1. The van der Waals surface area contributed by atoms with Crippen LogP contribution in [0.5, 0.6) is 5.75 Å². The Balaban J connectivity index is 2.01. The monoisotopic (exact) mass is 252 g/mol. The fourth-order valence-electron chi connectivity index (χ4n) is 2.18. The van der Waals surface area contributed by atoms with Crippen molar-refractivity contribution in [3.63, 3.8) is 0 Å². The van der Waals surface area contributed by atoms with E-state index in [9.17, 15) is 4.39 Å². The maximum Gasteiger partial charge on any atom is 0.165 e.